The lowest BCUT2D eigenvalue weighted by Gasteiger charge is -2.18. The monoisotopic (exact) mass is 309 g/mol. The van der Waals surface area contributed by atoms with E-state index in [9.17, 15) is 13.2 Å². The fraction of sp³-hybridized carbons (Fsp3) is 0.533. The van der Waals surface area contributed by atoms with Gasteiger partial charge in [-0.1, -0.05) is 12.5 Å². The summed E-state index contributed by atoms with van der Waals surface area (Å²) in [6.45, 7) is 0. The molecule has 2 N–H and O–H groups in total. The average Bonchev–Trinajstić information content (AvgIpc) is 3.05. The molecule has 114 valence electrons. The van der Waals surface area contributed by atoms with Crippen LogP contribution in [0.4, 0.5) is 0 Å². The van der Waals surface area contributed by atoms with Gasteiger partial charge >= 0.3 is 5.97 Å². The molecule has 1 aromatic rings. The molecule has 2 atom stereocenters. The summed E-state index contributed by atoms with van der Waals surface area (Å²) in [5.74, 6) is -1.54. The van der Waals surface area contributed by atoms with Crippen LogP contribution < -0.4 is 4.72 Å². The number of hydrogen-bond donors (Lipinski definition) is 2. The third-order valence-corrected chi connectivity index (χ3v) is 6.01. The first-order valence-electron chi connectivity index (χ1n) is 7.34. The molecular formula is C15H19NO4S. The summed E-state index contributed by atoms with van der Waals surface area (Å²) in [6, 6.07) is 4.73. The zero-order chi connectivity index (χ0) is 15.0. The second kappa shape index (κ2) is 5.42. The molecule has 1 fully saturated rings. The van der Waals surface area contributed by atoms with E-state index in [2.05, 4.69) is 4.72 Å². The summed E-state index contributed by atoms with van der Waals surface area (Å²) in [4.78, 5) is 11.4. The number of aliphatic carboxylic acids is 1. The summed E-state index contributed by atoms with van der Waals surface area (Å²) in [5.41, 5.74) is 2.32. The standard InChI is InChI=1S/C15H19NO4S/c17-15(18)13-5-2-6-14(13)16-21(19,20)12-8-7-10-3-1-4-11(10)9-12/h7-9,13-14,16H,1-6H2,(H,17,18). The quantitative estimate of drug-likeness (QED) is 0.887. The molecule has 5 nitrogen and oxygen atoms in total. The number of rotatable bonds is 4. The van der Waals surface area contributed by atoms with Gasteiger partial charge in [-0.2, -0.15) is 0 Å². The van der Waals surface area contributed by atoms with Crippen LogP contribution in [-0.4, -0.2) is 25.5 Å². The number of fused-ring (bicyclic) bond motifs is 1. The van der Waals surface area contributed by atoms with E-state index in [1.807, 2.05) is 6.07 Å². The van der Waals surface area contributed by atoms with E-state index in [4.69, 9.17) is 5.11 Å². The van der Waals surface area contributed by atoms with Crippen molar-refractivity contribution in [3.05, 3.63) is 29.3 Å². The molecule has 0 saturated heterocycles. The number of sulfonamides is 1. The molecule has 0 spiro atoms. The van der Waals surface area contributed by atoms with Crippen LogP contribution in [0.25, 0.3) is 0 Å². The highest BCUT2D eigenvalue weighted by molar-refractivity contribution is 7.89. The predicted molar refractivity (Wildman–Crippen MR) is 77.6 cm³/mol. The Morgan fingerprint density at radius 1 is 1.14 bits per heavy atom. The number of aryl methyl sites for hydroxylation is 2. The van der Waals surface area contributed by atoms with Gasteiger partial charge < -0.3 is 5.11 Å². The molecule has 0 radical (unpaired) electrons. The minimum absolute atomic E-state index is 0.249. The van der Waals surface area contributed by atoms with Gasteiger partial charge in [0, 0.05) is 6.04 Å². The van der Waals surface area contributed by atoms with Crippen LogP contribution in [0.2, 0.25) is 0 Å². The van der Waals surface area contributed by atoms with Gasteiger partial charge in [0.05, 0.1) is 10.8 Å². The fourth-order valence-corrected chi connectivity index (χ4v) is 4.74. The van der Waals surface area contributed by atoms with E-state index in [1.165, 1.54) is 5.56 Å². The van der Waals surface area contributed by atoms with Gasteiger partial charge in [-0.3, -0.25) is 4.79 Å². The van der Waals surface area contributed by atoms with E-state index in [0.29, 0.717) is 12.8 Å². The van der Waals surface area contributed by atoms with Crippen LogP contribution in [0.15, 0.2) is 23.1 Å². The van der Waals surface area contributed by atoms with Crippen molar-refractivity contribution in [3.63, 3.8) is 0 Å². The van der Waals surface area contributed by atoms with E-state index < -0.39 is 28.0 Å². The molecule has 3 rings (SSSR count). The Hall–Kier alpha value is -1.40. The minimum Gasteiger partial charge on any atom is -0.481 e. The highest BCUT2D eigenvalue weighted by Crippen LogP contribution is 2.29. The molecule has 0 bridgehead atoms. The SMILES string of the molecule is O=C(O)C1CCCC1NS(=O)(=O)c1ccc2c(c1)CCC2. The molecule has 0 amide bonds. The fourth-order valence-electron chi connectivity index (χ4n) is 3.38. The number of carbonyl (C=O) groups is 1. The Kier molecular flexibility index (Phi) is 3.75. The Labute approximate surface area is 124 Å². The van der Waals surface area contributed by atoms with Crippen LogP contribution in [0, 0.1) is 5.92 Å². The summed E-state index contributed by atoms with van der Waals surface area (Å²) in [5, 5.41) is 9.14. The summed E-state index contributed by atoms with van der Waals surface area (Å²) >= 11 is 0. The van der Waals surface area contributed by atoms with E-state index >= 15 is 0 Å². The molecule has 6 heteroatoms. The highest BCUT2D eigenvalue weighted by atomic mass is 32.2. The molecule has 0 aliphatic heterocycles. The van der Waals surface area contributed by atoms with Crippen LogP contribution >= 0.6 is 0 Å². The van der Waals surface area contributed by atoms with Gasteiger partial charge in [0.2, 0.25) is 10.0 Å². The molecule has 2 unspecified atom stereocenters. The van der Waals surface area contributed by atoms with E-state index in [0.717, 1.165) is 31.2 Å². The Morgan fingerprint density at radius 2 is 1.90 bits per heavy atom. The normalized spacial score (nSPS) is 25.0. The molecule has 21 heavy (non-hydrogen) atoms. The molecule has 2 aliphatic rings. The van der Waals surface area contributed by atoms with Crippen LogP contribution in [0.5, 0.6) is 0 Å². The zero-order valence-corrected chi connectivity index (χ0v) is 12.5. The van der Waals surface area contributed by atoms with Crippen molar-refractivity contribution < 1.29 is 18.3 Å². The molecule has 2 aliphatic carbocycles. The predicted octanol–water partition coefficient (Wildman–Crippen LogP) is 1.71. The van der Waals surface area contributed by atoms with Crippen LogP contribution in [-0.2, 0) is 27.7 Å². The van der Waals surface area contributed by atoms with Crippen molar-refractivity contribution >= 4 is 16.0 Å². The van der Waals surface area contributed by atoms with E-state index in [1.54, 1.807) is 12.1 Å². The number of nitrogens with one attached hydrogen (secondary N) is 1. The third-order valence-electron chi connectivity index (χ3n) is 4.52. The van der Waals surface area contributed by atoms with Gasteiger partial charge in [0.1, 0.15) is 0 Å². The molecule has 1 aromatic carbocycles. The first kappa shape index (κ1) is 14.5. The van der Waals surface area contributed by atoms with Crippen molar-refractivity contribution in [3.8, 4) is 0 Å². The van der Waals surface area contributed by atoms with Gasteiger partial charge in [-0.15, -0.1) is 0 Å². The molecule has 0 heterocycles. The number of hydrogen-bond acceptors (Lipinski definition) is 3. The van der Waals surface area contributed by atoms with Gasteiger partial charge in [0.15, 0.2) is 0 Å². The topological polar surface area (TPSA) is 83.5 Å². The second-order valence-corrected chi connectivity index (χ2v) is 7.60. The lowest BCUT2D eigenvalue weighted by molar-refractivity contribution is -0.141. The summed E-state index contributed by atoms with van der Waals surface area (Å²) in [6.07, 6.45) is 4.85. The van der Waals surface area contributed by atoms with Gasteiger partial charge in [0.25, 0.3) is 0 Å². The third kappa shape index (κ3) is 2.82. The Morgan fingerprint density at radius 3 is 2.67 bits per heavy atom. The van der Waals surface area contributed by atoms with Crippen LogP contribution in [0.3, 0.4) is 0 Å². The lowest BCUT2D eigenvalue weighted by atomic mass is 10.1. The minimum atomic E-state index is -3.65. The Balaban J connectivity index is 1.82. The van der Waals surface area contributed by atoms with Gasteiger partial charge in [-0.05, 0) is 55.4 Å². The Bertz CT molecular complexity index is 668. The van der Waals surface area contributed by atoms with E-state index in [-0.39, 0.29) is 4.90 Å². The molecule has 0 aromatic heterocycles. The summed E-state index contributed by atoms with van der Waals surface area (Å²) in [7, 11) is -3.65. The van der Waals surface area contributed by atoms with Crippen molar-refractivity contribution in [1.82, 2.24) is 4.72 Å². The number of benzene rings is 1. The lowest BCUT2D eigenvalue weighted by Crippen LogP contribution is -2.40. The van der Waals surface area contributed by atoms with Gasteiger partial charge in [-0.25, -0.2) is 13.1 Å². The van der Waals surface area contributed by atoms with Crippen molar-refractivity contribution in [2.75, 3.05) is 0 Å². The maximum absolute atomic E-state index is 12.5. The zero-order valence-electron chi connectivity index (χ0n) is 11.7. The van der Waals surface area contributed by atoms with Crippen molar-refractivity contribution in [2.24, 2.45) is 5.92 Å². The molecule has 1 saturated carbocycles. The largest absolute Gasteiger partial charge is 0.481 e. The highest BCUT2D eigenvalue weighted by Gasteiger charge is 2.36. The van der Waals surface area contributed by atoms with Crippen molar-refractivity contribution in [2.45, 2.75) is 49.5 Å². The molecular weight excluding hydrogens is 290 g/mol. The number of carboxylic acids is 1. The first-order valence-corrected chi connectivity index (χ1v) is 8.82. The van der Waals surface area contributed by atoms with Crippen molar-refractivity contribution in [1.29, 1.82) is 0 Å². The maximum atomic E-state index is 12.5. The number of carboxylic acid groups (broad SMARTS) is 1. The smallest absolute Gasteiger partial charge is 0.308 e. The first-order chi connectivity index (χ1) is 9.97. The average molecular weight is 309 g/mol. The summed E-state index contributed by atoms with van der Waals surface area (Å²) < 4.78 is 27.5. The van der Waals surface area contributed by atoms with Crippen LogP contribution in [0.1, 0.15) is 36.8 Å². The second-order valence-electron chi connectivity index (χ2n) is 5.89. The maximum Gasteiger partial charge on any atom is 0.308 e.